The molecule has 0 aliphatic heterocycles. The molecule has 0 radical (unpaired) electrons. The van der Waals surface area contributed by atoms with Gasteiger partial charge in [0.15, 0.2) is 9.84 Å². The Bertz CT molecular complexity index is 933. The quantitative estimate of drug-likeness (QED) is 0.795. The number of hydrogen-bond acceptors (Lipinski definition) is 4. The van der Waals surface area contributed by atoms with Gasteiger partial charge in [-0.3, -0.25) is 4.72 Å². The van der Waals surface area contributed by atoms with Gasteiger partial charge in [-0.1, -0.05) is 38.1 Å². The van der Waals surface area contributed by atoms with Gasteiger partial charge >= 0.3 is 0 Å². The molecule has 0 aliphatic rings. The molecule has 0 heterocycles. The van der Waals surface area contributed by atoms with Crippen LogP contribution in [0.15, 0.2) is 53.4 Å². The predicted octanol–water partition coefficient (Wildman–Crippen LogP) is 3.55. The average molecular weight is 382 g/mol. The van der Waals surface area contributed by atoms with Gasteiger partial charge in [-0.05, 0) is 47.7 Å². The summed E-state index contributed by atoms with van der Waals surface area (Å²) in [5, 5.41) is 0. The molecule has 2 aromatic carbocycles. The summed E-state index contributed by atoms with van der Waals surface area (Å²) in [6.45, 7) is 4.18. The molecule has 136 valence electrons. The van der Waals surface area contributed by atoms with E-state index in [1.54, 1.807) is 30.3 Å². The van der Waals surface area contributed by atoms with E-state index >= 15 is 0 Å². The molecule has 1 N–H and O–H groups in total. The zero-order valence-corrected chi connectivity index (χ0v) is 16.2. The van der Waals surface area contributed by atoms with Crippen LogP contribution in [0.2, 0.25) is 0 Å². The van der Waals surface area contributed by atoms with Crippen LogP contribution in [-0.4, -0.2) is 23.1 Å². The molecular formula is C18H23NO4S2. The third-order valence-corrected chi connectivity index (χ3v) is 6.23. The zero-order chi connectivity index (χ0) is 18.7. The van der Waals surface area contributed by atoms with Crippen molar-refractivity contribution in [1.29, 1.82) is 0 Å². The molecule has 1 atom stereocenters. The number of benzene rings is 2. The van der Waals surface area contributed by atoms with Gasteiger partial charge in [-0.15, -0.1) is 0 Å². The Balaban J connectivity index is 2.22. The molecule has 0 aromatic heterocycles. The summed E-state index contributed by atoms with van der Waals surface area (Å²) in [6, 6.07) is 13.2. The standard InChI is InChI=1S/C18H23NO4S2/c1-4-14(2)16-8-10-18(11-9-16)25(22,23)19-17-7-5-6-15(12-17)13-24(3,20)21/h5-12,14,19H,4,13H2,1-3H3. The molecule has 0 fully saturated rings. The SMILES string of the molecule is CCC(C)c1ccc(S(=O)(=O)Nc2cccc(CS(C)(=O)=O)c2)cc1. The van der Waals surface area contributed by atoms with Crippen LogP contribution in [0.5, 0.6) is 0 Å². The molecule has 25 heavy (non-hydrogen) atoms. The molecular weight excluding hydrogens is 358 g/mol. The first-order valence-electron chi connectivity index (χ1n) is 8.00. The first-order valence-corrected chi connectivity index (χ1v) is 11.5. The Labute approximate surface area is 150 Å². The molecule has 2 rings (SSSR count). The molecule has 0 aliphatic carbocycles. The van der Waals surface area contributed by atoms with E-state index in [9.17, 15) is 16.8 Å². The Kier molecular flexibility index (Phi) is 5.90. The van der Waals surface area contributed by atoms with E-state index in [2.05, 4.69) is 18.6 Å². The number of anilines is 1. The average Bonchev–Trinajstić information content (AvgIpc) is 2.52. The van der Waals surface area contributed by atoms with Gasteiger partial charge < -0.3 is 0 Å². The van der Waals surface area contributed by atoms with E-state index in [1.807, 2.05) is 12.1 Å². The lowest BCUT2D eigenvalue weighted by atomic mass is 9.99. The molecule has 2 aromatic rings. The summed E-state index contributed by atoms with van der Waals surface area (Å²) in [5.74, 6) is 0.240. The summed E-state index contributed by atoms with van der Waals surface area (Å²) in [6.07, 6.45) is 2.13. The van der Waals surface area contributed by atoms with Gasteiger partial charge in [0, 0.05) is 11.9 Å². The third-order valence-electron chi connectivity index (χ3n) is 3.98. The highest BCUT2D eigenvalue weighted by atomic mass is 32.2. The smallest absolute Gasteiger partial charge is 0.261 e. The van der Waals surface area contributed by atoms with Crippen LogP contribution in [0.1, 0.15) is 37.3 Å². The molecule has 0 saturated carbocycles. The van der Waals surface area contributed by atoms with Gasteiger partial charge in [-0.25, -0.2) is 16.8 Å². The first kappa shape index (κ1) is 19.5. The summed E-state index contributed by atoms with van der Waals surface area (Å²) in [7, 11) is -6.90. The highest BCUT2D eigenvalue weighted by molar-refractivity contribution is 7.92. The van der Waals surface area contributed by atoms with Crippen LogP contribution in [0.25, 0.3) is 0 Å². The van der Waals surface area contributed by atoms with Crippen molar-refractivity contribution in [2.45, 2.75) is 36.8 Å². The van der Waals surface area contributed by atoms with E-state index in [4.69, 9.17) is 0 Å². The normalized spacial score (nSPS) is 13.4. The van der Waals surface area contributed by atoms with Gasteiger partial charge in [0.1, 0.15) is 0 Å². The summed E-state index contributed by atoms with van der Waals surface area (Å²) in [4.78, 5) is 0.174. The van der Waals surface area contributed by atoms with Crippen molar-refractivity contribution in [3.63, 3.8) is 0 Å². The topological polar surface area (TPSA) is 80.3 Å². The first-order chi connectivity index (χ1) is 11.6. The summed E-state index contributed by atoms with van der Waals surface area (Å²) in [5.41, 5.74) is 1.97. The fourth-order valence-corrected chi connectivity index (χ4v) is 4.29. The van der Waals surface area contributed by atoms with Crippen molar-refractivity contribution < 1.29 is 16.8 Å². The maximum atomic E-state index is 12.5. The van der Waals surface area contributed by atoms with Crippen molar-refractivity contribution in [2.24, 2.45) is 0 Å². The lowest BCUT2D eigenvalue weighted by Gasteiger charge is -2.12. The summed E-state index contributed by atoms with van der Waals surface area (Å²) >= 11 is 0. The van der Waals surface area contributed by atoms with Crippen molar-refractivity contribution in [1.82, 2.24) is 0 Å². The minimum absolute atomic E-state index is 0.133. The number of rotatable bonds is 7. The van der Waals surface area contributed by atoms with Crippen LogP contribution in [0, 0.1) is 0 Å². The van der Waals surface area contributed by atoms with Gasteiger partial charge in [0.25, 0.3) is 10.0 Å². The van der Waals surface area contributed by atoms with E-state index in [0.29, 0.717) is 17.2 Å². The van der Waals surface area contributed by atoms with Crippen LogP contribution >= 0.6 is 0 Å². The van der Waals surface area contributed by atoms with Crippen LogP contribution in [-0.2, 0) is 25.6 Å². The lowest BCUT2D eigenvalue weighted by molar-refractivity contribution is 0.599. The van der Waals surface area contributed by atoms with Crippen LogP contribution in [0.4, 0.5) is 5.69 Å². The number of sulfone groups is 1. The summed E-state index contributed by atoms with van der Waals surface area (Å²) < 4.78 is 50.3. The van der Waals surface area contributed by atoms with Crippen molar-refractivity contribution >= 4 is 25.5 Å². The largest absolute Gasteiger partial charge is 0.280 e. The van der Waals surface area contributed by atoms with E-state index in [1.165, 1.54) is 6.07 Å². The molecule has 7 heteroatoms. The Morgan fingerprint density at radius 1 is 1.00 bits per heavy atom. The van der Waals surface area contributed by atoms with Gasteiger partial charge in [0.05, 0.1) is 10.6 Å². The molecule has 0 bridgehead atoms. The Hall–Kier alpha value is -1.86. The number of hydrogen-bond donors (Lipinski definition) is 1. The minimum atomic E-state index is -3.72. The van der Waals surface area contributed by atoms with E-state index in [-0.39, 0.29) is 10.6 Å². The van der Waals surface area contributed by atoms with Crippen molar-refractivity contribution in [2.75, 3.05) is 11.0 Å². The lowest BCUT2D eigenvalue weighted by Crippen LogP contribution is -2.13. The molecule has 0 spiro atoms. The van der Waals surface area contributed by atoms with E-state index < -0.39 is 19.9 Å². The van der Waals surface area contributed by atoms with Crippen LogP contribution in [0.3, 0.4) is 0 Å². The predicted molar refractivity (Wildman–Crippen MR) is 101 cm³/mol. The maximum Gasteiger partial charge on any atom is 0.261 e. The van der Waals surface area contributed by atoms with Crippen LogP contribution < -0.4 is 4.72 Å². The zero-order valence-electron chi connectivity index (χ0n) is 14.6. The number of sulfonamides is 1. The second kappa shape index (κ2) is 7.58. The third kappa shape index (κ3) is 5.57. The van der Waals surface area contributed by atoms with E-state index in [0.717, 1.165) is 18.2 Å². The second-order valence-electron chi connectivity index (χ2n) is 6.25. The fraction of sp³-hybridized carbons (Fsp3) is 0.333. The highest BCUT2D eigenvalue weighted by Crippen LogP contribution is 2.22. The Morgan fingerprint density at radius 2 is 1.64 bits per heavy atom. The van der Waals surface area contributed by atoms with Crippen molar-refractivity contribution in [3.8, 4) is 0 Å². The maximum absolute atomic E-state index is 12.5. The Morgan fingerprint density at radius 3 is 2.20 bits per heavy atom. The molecule has 1 unspecified atom stereocenters. The fourth-order valence-electron chi connectivity index (χ4n) is 2.45. The molecule has 5 nitrogen and oxygen atoms in total. The second-order valence-corrected chi connectivity index (χ2v) is 10.1. The van der Waals surface area contributed by atoms with Gasteiger partial charge in [-0.2, -0.15) is 0 Å². The van der Waals surface area contributed by atoms with Gasteiger partial charge in [0.2, 0.25) is 0 Å². The van der Waals surface area contributed by atoms with Crippen molar-refractivity contribution in [3.05, 3.63) is 59.7 Å². The minimum Gasteiger partial charge on any atom is -0.280 e. The monoisotopic (exact) mass is 381 g/mol. The highest BCUT2D eigenvalue weighted by Gasteiger charge is 2.15. The molecule has 0 saturated heterocycles. The molecule has 0 amide bonds. The number of nitrogens with one attached hydrogen (secondary N) is 1.